The highest BCUT2D eigenvalue weighted by Crippen LogP contribution is 2.50. The fourth-order valence-corrected chi connectivity index (χ4v) is 5.17. The summed E-state index contributed by atoms with van der Waals surface area (Å²) in [6, 6.07) is 9.51. The van der Waals surface area contributed by atoms with Gasteiger partial charge in [-0.3, -0.25) is 9.98 Å². The molecule has 0 spiro atoms. The molecule has 5 nitrogen and oxygen atoms in total. The van der Waals surface area contributed by atoms with Crippen LogP contribution in [0.5, 0.6) is 11.5 Å². The minimum Gasteiger partial charge on any atom is -0.504 e. The molecular weight excluding hydrogens is 414 g/mol. The van der Waals surface area contributed by atoms with Crippen molar-refractivity contribution in [1.29, 1.82) is 0 Å². The van der Waals surface area contributed by atoms with Crippen LogP contribution in [-0.4, -0.2) is 38.6 Å². The van der Waals surface area contributed by atoms with Crippen LogP contribution in [0.15, 0.2) is 46.0 Å². The second-order valence-electron chi connectivity index (χ2n) is 6.41. The number of amidine groups is 1. The number of aromatic hydroxyl groups is 1. The summed E-state index contributed by atoms with van der Waals surface area (Å²) >= 11 is 5.44. The smallest absolute Gasteiger partial charge is 0.161 e. The molecule has 2 aliphatic rings. The SMILES string of the molecule is CCOc1cc([C@@H]2[C@@H](c3ccccn3)N=C3S[C@H](C)CN32)c(Br)cc1O. The average Bonchev–Trinajstić information content (AvgIpc) is 3.14. The van der Waals surface area contributed by atoms with Gasteiger partial charge in [0.1, 0.15) is 6.04 Å². The number of pyridine rings is 1. The van der Waals surface area contributed by atoms with E-state index >= 15 is 0 Å². The molecular formula is C19H20BrN3O2S. The molecule has 1 saturated heterocycles. The maximum Gasteiger partial charge on any atom is 0.161 e. The summed E-state index contributed by atoms with van der Waals surface area (Å²) in [7, 11) is 0. The summed E-state index contributed by atoms with van der Waals surface area (Å²) in [4.78, 5) is 11.9. The Kier molecular flexibility index (Phi) is 4.84. The third-order valence-electron chi connectivity index (χ3n) is 4.58. The Morgan fingerprint density at radius 1 is 1.38 bits per heavy atom. The van der Waals surface area contributed by atoms with Gasteiger partial charge in [0.2, 0.25) is 0 Å². The van der Waals surface area contributed by atoms with Crippen LogP contribution in [0.25, 0.3) is 0 Å². The van der Waals surface area contributed by atoms with Crippen LogP contribution in [0.3, 0.4) is 0 Å². The Balaban J connectivity index is 1.81. The standard InChI is InChI=1S/C19H20BrN3O2S/c1-3-25-16-8-12(13(20)9-15(16)24)18-17(14-6-4-5-7-21-14)22-19-23(18)10-11(2)26-19/h4-9,11,17-18,24H,3,10H2,1-2H3/t11-,17-,18-/m1/s1. The summed E-state index contributed by atoms with van der Waals surface area (Å²) in [5.74, 6) is 0.638. The first kappa shape index (κ1) is 17.7. The lowest BCUT2D eigenvalue weighted by molar-refractivity contribution is 0.306. The van der Waals surface area contributed by atoms with Gasteiger partial charge in [0.25, 0.3) is 0 Å². The molecule has 0 saturated carbocycles. The molecule has 0 amide bonds. The Morgan fingerprint density at radius 3 is 2.96 bits per heavy atom. The second-order valence-corrected chi connectivity index (χ2v) is 8.67. The lowest BCUT2D eigenvalue weighted by Crippen LogP contribution is -2.28. The van der Waals surface area contributed by atoms with E-state index in [0.717, 1.165) is 27.4 Å². The van der Waals surface area contributed by atoms with Gasteiger partial charge in [0, 0.05) is 22.5 Å². The molecule has 0 radical (unpaired) electrons. The van der Waals surface area contributed by atoms with Crippen molar-refractivity contribution < 1.29 is 9.84 Å². The first-order chi connectivity index (χ1) is 12.6. The van der Waals surface area contributed by atoms with E-state index in [-0.39, 0.29) is 17.8 Å². The number of phenolic OH excluding ortho intramolecular Hbond substituents is 1. The minimum atomic E-state index is -0.0819. The van der Waals surface area contributed by atoms with Crippen molar-refractivity contribution in [3.63, 3.8) is 0 Å². The van der Waals surface area contributed by atoms with Crippen LogP contribution in [0.2, 0.25) is 0 Å². The van der Waals surface area contributed by atoms with Crippen molar-refractivity contribution in [3.8, 4) is 11.5 Å². The zero-order chi connectivity index (χ0) is 18.3. The lowest BCUT2D eigenvalue weighted by atomic mass is 9.96. The number of fused-ring (bicyclic) bond motifs is 1. The van der Waals surface area contributed by atoms with Gasteiger partial charge in [-0.1, -0.05) is 40.7 Å². The number of benzene rings is 1. The van der Waals surface area contributed by atoms with Gasteiger partial charge >= 0.3 is 0 Å². The Labute approximate surface area is 165 Å². The quantitative estimate of drug-likeness (QED) is 0.766. The first-order valence-corrected chi connectivity index (χ1v) is 10.3. The number of aliphatic imine (C=N–C) groups is 1. The molecule has 2 aromatic rings. The number of phenols is 1. The summed E-state index contributed by atoms with van der Waals surface area (Å²) in [6.07, 6.45) is 1.81. The van der Waals surface area contributed by atoms with Gasteiger partial charge < -0.3 is 14.7 Å². The molecule has 0 aliphatic carbocycles. The minimum absolute atomic E-state index is 0.0199. The Bertz CT molecular complexity index is 846. The van der Waals surface area contributed by atoms with Gasteiger partial charge in [-0.05, 0) is 36.8 Å². The van der Waals surface area contributed by atoms with Gasteiger partial charge in [-0.25, -0.2) is 0 Å². The van der Waals surface area contributed by atoms with Gasteiger partial charge in [-0.15, -0.1) is 0 Å². The van der Waals surface area contributed by atoms with Gasteiger partial charge in [0.15, 0.2) is 16.7 Å². The molecule has 136 valence electrons. The summed E-state index contributed by atoms with van der Waals surface area (Å²) in [5.41, 5.74) is 2.00. The largest absolute Gasteiger partial charge is 0.504 e. The molecule has 0 unspecified atom stereocenters. The highest BCUT2D eigenvalue weighted by Gasteiger charge is 2.44. The van der Waals surface area contributed by atoms with Crippen LogP contribution < -0.4 is 4.74 Å². The molecule has 1 aromatic heterocycles. The van der Waals surface area contributed by atoms with Crippen LogP contribution >= 0.6 is 27.7 Å². The number of halogens is 1. The number of rotatable bonds is 4. The number of thioether (sulfide) groups is 1. The van der Waals surface area contributed by atoms with Crippen molar-refractivity contribution in [2.75, 3.05) is 13.2 Å². The fraction of sp³-hybridized carbons (Fsp3) is 0.368. The highest BCUT2D eigenvalue weighted by molar-refractivity contribution is 9.10. The maximum atomic E-state index is 10.2. The van der Waals surface area contributed by atoms with E-state index in [1.807, 2.05) is 49.1 Å². The third kappa shape index (κ3) is 3.07. The van der Waals surface area contributed by atoms with E-state index in [4.69, 9.17) is 9.73 Å². The summed E-state index contributed by atoms with van der Waals surface area (Å²) in [6.45, 7) is 5.57. The number of hydrogen-bond donors (Lipinski definition) is 1. The van der Waals surface area contributed by atoms with Crippen LogP contribution in [0.4, 0.5) is 0 Å². The number of hydrogen-bond acceptors (Lipinski definition) is 6. The van der Waals surface area contributed by atoms with Gasteiger partial charge in [-0.2, -0.15) is 0 Å². The highest BCUT2D eigenvalue weighted by atomic mass is 79.9. The second kappa shape index (κ2) is 7.12. The van der Waals surface area contributed by atoms with Crippen molar-refractivity contribution >= 4 is 32.9 Å². The van der Waals surface area contributed by atoms with E-state index in [1.54, 1.807) is 6.07 Å². The van der Waals surface area contributed by atoms with E-state index in [2.05, 4.69) is 32.7 Å². The molecule has 7 heteroatoms. The predicted molar refractivity (Wildman–Crippen MR) is 108 cm³/mol. The van der Waals surface area contributed by atoms with E-state index in [1.165, 1.54) is 0 Å². The predicted octanol–water partition coefficient (Wildman–Crippen LogP) is 4.54. The monoisotopic (exact) mass is 433 g/mol. The molecule has 2 aliphatic heterocycles. The molecule has 1 N–H and O–H groups in total. The fourth-order valence-electron chi connectivity index (χ4n) is 3.51. The van der Waals surface area contributed by atoms with E-state index in [9.17, 15) is 5.11 Å². The summed E-state index contributed by atoms with van der Waals surface area (Å²) in [5, 5.41) is 11.8. The zero-order valence-electron chi connectivity index (χ0n) is 14.6. The molecule has 26 heavy (non-hydrogen) atoms. The van der Waals surface area contributed by atoms with Crippen molar-refractivity contribution in [2.45, 2.75) is 31.2 Å². The maximum absolute atomic E-state index is 10.2. The van der Waals surface area contributed by atoms with Crippen LogP contribution in [0.1, 0.15) is 37.2 Å². The van der Waals surface area contributed by atoms with Crippen molar-refractivity contribution in [3.05, 3.63) is 52.3 Å². The summed E-state index contributed by atoms with van der Waals surface area (Å²) < 4.78 is 6.47. The van der Waals surface area contributed by atoms with E-state index in [0.29, 0.717) is 17.6 Å². The molecule has 1 fully saturated rings. The van der Waals surface area contributed by atoms with Crippen molar-refractivity contribution in [1.82, 2.24) is 9.88 Å². The zero-order valence-corrected chi connectivity index (χ0v) is 17.0. The molecule has 1 aromatic carbocycles. The van der Waals surface area contributed by atoms with Crippen LogP contribution in [0, 0.1) is 0 Å². The molecule has 3 atom stereocenters. The Morgan fingerprint density at radius 2 is 2.23 bits per heavy atom. The lowest BCUT2D eigenvalue weighted by Gasteiger charge is -2.28. The number of nitrogens with zero attached hydrogens (tertiary/aromatic N) is 3. The molecule has 4 rings (SSSR count). The van der Waals surface area contributed by atoms with Crippen LogP contribution in [-0.2, 0) is 0 Å². The third-order valence-corrected chi connectivity index (χ3v) is 6.37. The topological polar surface area (TPSA) is 58.0 Å². The number of ether oxygens (including phenoxy) is 1. The van der Waals surface area contributed by atoms with E-state index < -0.39 is 0 Å². The average molecular weight is 434 g/mol. The number of aromatic nitrogens is 1. The Hall–Kier alpha value is -1.73. The normalized spacial score (nSPS) is 24.5. The molecule has 3 heterocycles. The van der Waals surface area contributed by atoms with Crippen molar-refractivity contribution in [2.24, 2.45) is 4.99 Å². The first-order valence-electron chi connectivity index (χ1n) is 8.65. The van der Waals surface area contributed by atoms with Gasteiger partial charge in [0.05, 0.1) is 18.3 Å². The molecule has 0 bridgehead atoms.